The van der Waals surface area contributed by atoms with Gasteiger partial charge in [0.05, 0.1) is 0 Å². The van der Waals surface area contributed by atoms with Crippen LogP contribution < -0.4 is 18.9 Å². The van der Waals surface area contributed by atoms with Crippen LogP contribution in [-0.4, -0.2) is 0 Å². The van der Waals surface area contributed by atoms with E-state index in [-0.39, 0.29) is 18.9 Å². The maximum atomic E-state index is 6.98. The molecule has 0 aromatic heterocycles. The number of benzene rings is 1. The van der Waals surface area contributed by atoms with E-state index < -0.39 is 0 Å². The van der Waals surface area contributed by atoms with Gasteiger partial charge in [-0.1, -0.05) is 29.3 Å². The summed E-state index contributed by atoms with van der Waals surface area (Å²) in [4.78, 5) is 0. The monoisotopic (exact) mass is 147 g/mol. The van der Waals surface area contributed by atoms with E-state index in [1.54, 1.807) is 12.1 Å². The fourth-order valence-electron chi connectivity index (χ4n) is 0.647. The molecule has 0 fully saturated rings. The first-order valence-electron chi connectivity index (χ1n) is 2.72. The third-order valence-electron chi connectivity index (χ3n) is 1.09. The van der Waals surface area contributed by atoms with E-state index in [9.17, 15) is 0 Å². The van der Waals surface area contributed by atoms with Gasteiger partial charge in [-0.15, -0.1) is 6.54 Å². The van der Waals surface area contributed by atoms with Crippen LogP contribution in [0, 0.1) is 0 Å². The predicted molar refractivity (Wildman–Crippen MR) is 39.5 cm³/mol. The Balaban J connectivity index is 0.000000810. The second kappa shape index (κ2) is 4.82. The van der Waals surface area contributed by atoms with Crippen LogP contribution in [0.3, 0.4) is 0 Å². The molecule has 0 aliphatic rings. The van der Waals surface area contributed by atoms with Gasteiger partial charge in [0, 0.05) is 5.02 Å². The van der Waals surface area contributed by atoms with E-state index in [1.165, 1.54) is 0 Å². The Morgan fingerprint density at radius 3 is 2.50 bits per heavy atom. The zero-order valence-electron chi connectivity index (χ0n) is 5.89. The van der Waals surface area contributed by atoms with Gasteiger partial charge in [-0.25, -0.2) is 0 Å². The molecule has 1 rings (SSSR count). The van der Waals surface area contributed by atoms with E-state index in [0.717, 1.165) is 5.56 Å². The Morgan fingerprint density at radius 2 is 2.10 bits per heavy atom. The predicted octanol–water partition coefficient (Wildman–Crippen LogP) is -0.104. The van der Waals surface area contributed by atoms with Gasteiger partial charge < -0.3 is 5.73 Å². The largest absolute Gasteiger partial charge is 1.00 e. The van der Waals surface area contributed by atoms with Crippen molar-refractivity contribution in [2.45, 2.75) is 6.54 Å². The molecule has 48 valence electrons. The van der Waals surface area contributed by atoms with Gasteiger partial charge in [-0.2, -0.15) is 0 Å². The van der Waals surface area contributed by atoms with Crippen molar-refractivity contribution in [3.63, 3.8) is 0 Å². The smallest absolute Gasteiger partial charge is 0.674 e. The first-order chi connectivity index (χ1) is 4.33. The molecular formula is C7H7ClLiN. The third-order valence-corrected chi connectivity index (χ3v) is 1.33. The van der Waals surface area contributed by atoms with Crippen LogP contribution in [0.5, 0.6) is 0 Å². The van der Waals surface area contributed by atoms with Gasteiger partial charge in [0.2, 0.25) is 0 Å². The van der Waals surface area contributed by atoms with Gasteiger partial charge >= 0.3 is 18.9 Å². The van der Waals surface area contributed by atoms with Crippen molar-refractivity contribution in [3.8, 4) is 0 Å². The summed E-state index contributed by atoms with van der Waals surface area (Å²) in [5.41, 5.74) is 7.94. The molecule has 0 heterocycles. The Kier molecular flexibility index (Phi) is 4.85. The van der Waals surface area contributed by atoms with Crippen molar-refractivity contribution in [2.24, 2.45) is 0 Å². The van der Waals surface area contributed by atoms with Crippen LogP contribution >= 0.6 is 11.6 Å². The summed E-state index contributed by atoms with van der Waals surface area (Å²) in [5.74, 6) is 0. The number of halogens is 1. The van der Waals surface area contributed by atoms with Crippen molar-refractivity contribution < 1.29 is 18.9 Å². The molecule has 1 N–H and O–H groups in total. The first-order valence-corrected chi connectivity index (χ1v) is 3.10. The normalized spacial score (nSPS) is 8.60. The van der Waals surface area contributed by atoms with Gasteiger partial charge in [0.15, 0.2) is 0 Å². The molecule has 0 amide bonds. The molecule has 1 aromatic carbocycles. The van der Waals surface area contributed by atoms with Crippen LogP contribution in [0.2, 0.25) is 5.02 Å². The van der Waals surface area contributed by atoms with Crippen molar-refractivity contribution in [3.05, 3.63) is 40.6 Å². The molecule has 1 aromatic rings. The molecular weight excluding hydrogens is 140 g/mol. The van der Waals surface area contributed by atoms with Crippen LogP contribution in [-0.2, 0) is 6.54 Å². The summed E-state index contributed by atoms with van der Waals surface area (Å²) in [6, 6.07) is 7.35. The van der Waals surface area contributed by atoms with Crippen LogP contribution in [0.15, 0.2) is 24.3 Å². The van der Waals surface area contributed by atoms with E-state index in [0.29, 0.717) is 11.6 Å². The Hall–Kier alpha value is 0.0674. The molecule has 0 saturated heterocycles. The van der Waals surface area contributed by atoms with Crippen molar-refractivity contribution in [1.82, 2.24) is 0 Å². The number of hydrogen-bond donors (Lipinski definition) is 0. The van der Waals surface area contributed by atoms with Crippen LogP contribution in [0.4, 0.5) is 0 Å². The fraction of sp³-hybridized carbons (Fsp3) is 0.143. The average Bonchev–Trinajstić information content (AvgIpc) is 1.88. The average molecular weight is 148 g/mol. The second-order valence-corrected chi connectivity index (χ2v) is 2.24. The molecule has 0 saturated carbocycles. The van der Waals surface area contributed by atoms with Gasteiger partial charge in [-0.3, -0.25) is 0 Å². The topological polar surface area (TPSA) is 23.8 Å². The van der Waals surface area contributed by atoms with Crippen molar-refractivity contribution in [2.75, 3.05) is 0 Å². The Labute approximate surface area is 77.7 Å². The third kappa shape index (κ3) is 2.77. The quantitative estimate of drug-likeness (QED) is 0.496. The molecule has 0 bridgehead atoms. The summed E-state index contributed by atoms with van der Waals surface area (Å²) in [7, 11) is 0. The van der Waals surface area contributed by atoms with Crippen LogP contribution in [0.1, 0.15) is 5.56 Å². The van der Waals surface area contributed by atoms with Gasteiger partial charge in [0.1, 0.15) is 0 Å². The number of rotatable bonds is 1. The molecule has 0 atom stereocenters. The molecule has 0 radical (unpaired) electrons. The van der Waals surface area contributed by atoms with Crippen LogP contribution in [0.25, 0.3) is 5.73 Å². The molecule has 0 spiro atoms. The minimum atomic E-state index is 0. The van der Waals surface area contributed by atoms with E-state index >= 15 is 0 Å². The van der Waals surface area contributed by atoms with E-state index in [2.05, 4.69) is 0 Å². The van der Waals surface area contributed by atoms with E-state index in [4.69, 9.17) is 17.3 Å². The standard InChI is InChI=1S/C7H7ClN.Li/c8-7-3-1-2-6(4-7)5-9;/h1-4,9H,5H2;/q-1;+1. The first kappa shape index (κ1) is 10.1. The fourth-order valence-corrected chi connectivity index (χ4v) is 0.860. The van der Waals surface area contributed by atoms with Gasteiger partial charge in [0.25, 0.3) is 0 Å². The van der Waals surface area contributed by atoms with E-state index in [1.807, 2.05) is 12.1 Å². The Bertz CT molecular complexity index is 203. The molecule has 0 aliphatic carbocycles. The zero-order valence-corrected chi connectivity index (χ0v) is 6.65. The maximum Gasteiger partial charge on any atom is 1.00 e. The number of nitrogens with one attached hydrogen (secondary N) is 1. The Morgan fingerprint density at radius 1 is 1.40 bits per heavy atom. The van der Waals surface area contributed by atoms with Crippen molar-refractivity contribution >= 4 is 11.6 Å². The molecule has 1 nitrogen and oxygen atoms in total. The molecule has 0 unspecified atom stereocenters. The minimum Gasteiger partial charge on any atom is -0.674 e. The van der Waals surface area contributed by atoms with Gasteiger partial charge in [-0.05, 0) is 12.1 Å². The summed E-state index contributed by atoms with van der Waals surface area (Å²) in [5, 5.41) is 0.708. The minimum absolute atomic E-state index is 0. The number of hydrogen-bond acceptors (Lipinski definition) is 0. The summed E-state index contributed by atoms with van der Waals surface area (Å²) in [6.45, 7) is 0.306. The summed E-state index contributed by atoms with van der Waals surface area (Å²) in [6.07, 6.45) is 0. The molecule has 3 heteroatoms. The maximum absolute atomic E-state index is 6.98. The second-order valence-electron chi connectivity index (χ2n) is 1.81. The SMILES string of the molecule is [Li+].[NH-]Cc1cccc(Cl)c1. The van der Waals surface area contributed by atoms with Crippen molar-refractivity contribution in [1.29, 1.82) is 0 Å². The molecule has 10 heavy (non-hydrogen) atoms. The zero-order chi connectivity index (χ0) is 6.69. The summed E-state index contributed by atoms with van der Waals surface area (Å²) >= 11 is 5.64. The molecule has 0 aliphatic heterocycles. The summed E-state index contributed by atoms with van der Waals surface area (Å²) < 4.78 is 0.